The Hall–Kier alpha value is -2.87. The molecule has 0 radical (unpaired) electrons. The molecule has 2 amide bonds. The van der Waals surface area contributed by atoms with Crippen molar-refractivity contribution in [2.75, 3.05) is 17.1 Å². The lowest BCUT2D eigenvalue weighted by Gasteiger charge is -2.34. The molecule has 2 aromatic carbocycles. The number of anilines is 1. The van der Waals surface area contributed by atoms with Crippen LogP contribution in [-0.4, -0.2) is 50.0 Å². The summed E-state index contributed by atoms with van der Waals surface area (Å²) >= 11 is 0. The number of nitrogens with one attached hydrogen (secondary N) is 1. The minimum atomic E-state index is -3.76. The van der Waals surface area contributed by atoms with Crippen molar-refractivity contribution in [1.29, 1.82) is 0 Å². The molecule has 0 saturated heterocycles. The van der Waals surface area contributed by atoms with E-state index in [2.05, 4.69) is 5.32 Å². The summed E-state index contributed by atoms with van der Waals surface area (Å²) in [6, 6.07) is 12.8. The predicted molar refractivity (Wildman–Crippen MR) is 149 cm³/mol. The molecule has 1 N–H and O–H groups in total. The highest BCUT2D eigenvalue weighted by Gasteiger charge is 2.33. The van der Waals surface area contributed by atoms with E-state index in [4.69, 9.17) is 0 Å². The molecule has 0 spiro atoms. The number of hydrogen-bond donors (Lipinski definition) is 1. The maximum absolute atomic E-state index is 13.9. The van der Waals surface area contributed by atoms with Crippen LogP contribution in [0.1, 0.15) is 67.7 Å². The van der Waals surface area contributed by atoms with E-state index >= 15 is 0 Å². The second-order valence-electron chi connectivity index (χ2n) is 10.3. The molecule has 1 fully saturated rings. The van der Waals surface area contributed by atoms with Crippen molar-refractivity contribution in [3.63, 3.8) is 0 Å². The molecule has 0 aliphatic heterocycles. The predicted octanol–water partition coefficient (Wildman–Crippen LogP) is 4.63. The highest BCUT2D eigenvalue weighted by molar-refractivity contribution is 7.92. The molecule has 1 unspecified atom stereocenters. The first kappa shape index (κ1) is 28.7. The number of aryl methyl sites for hydroxylation is 3. The van der Waals surface area contributed by atoms with Gasteiger partial charge in [-0.3, -0.25) is 13.9 Å². The van der Waals surface area contributed by atoms with Crippen LogP contribution in [0.5, 0.6) is 0 Å². The quantitative estimate of drug-likeness (QED) is 0.488. The summed E-state index contributed by atoms with van der Waals surface area (Å²) in [5, 5.41) is 3.17. The van der Waals surface area contributed by atoms with Gasteiger partial charge in [-0.15, -0.1) is 0 Å². The molecule has 1 atom stereocenters. The number of sulfonamides is 1. The van der Waals surface area contributed by atoms with E-state index in [0.29, 0.717) is 12.1 Å². The minimum Gasteiger partial charge on any atom is -0.352 e. The van der Waals surface area contributed by atoms with E-state index < -0.39 is 22.0 Å². The molecule has 0 heterocycles. The summed E-state index contributed by atoms with van der Waals surface area (Å²) < 4.78 is 26.9. The van der Waals surface area contributed by atoms with Crippen molar-refractivity contribution in [2.45, 2.75) is 84.8 Å². The Balaban J connectivity index is 1.94. The van der Waals surface area contributed by atoms with Gasteiger partial charge in [-0.25, -0.2) is 8.42 Å². The van der Waals surface area contributed by atoms with Crippen molar-refractivity contribution in [1.82, 2.24) is 10.2 Å². The molecule has 0 bridgehead atoms. The lowest BCUT2D eigenvalue weighted by molar-refractivity contribution is -0.140. The van der Waals surface area contributed by atoms with E-state index in [1.54, 1.807) is 11.0 Å². The van der Waals surface area contributed by atoms with Gasteiger partial charge in [-0.05, 0) is 62.8 Å². The summed E-state index contributed by atoms with van der Waals surface area (Å²) in [4.78, 5) is 28.9. The van der Waals surface area contributed by atoms with Crippen LogP contribution in [0.15, 0.2) is 42.5 Å². The smallest absolute Gasteiger partial charge is 0.244 e. The van der Waals surface area contributed by atoms with Crippen LogP contribution < -0.4 is 9.62 Å². The second-order valence-corrected chi connectivity index (χ2v) is 12.2. The first-order valence-electron chi connectivity index (χ1n) is 13.2. The fourth-order valence-electron chi connectivity index (χ4n) is 5.05. The van der Waals surface area contributed by atoms with Crippen molar-refractivity contribution >= 4 is 27.5 Å². The van der Waals surface area contributed by atoms with Crippen molar-refractivity contribution in [3.05, 3.63) is 64.7 Å². The number of nitrogens with zero attached hydrogens (tertiary/aromatic N) is 2. The number of carbonyl (C=O) groups is 2. The number of amides is 2. The highest BCUT2D eigenvalue weighted by atomic mass is 32.2. The van der Waals surface area contributed by atoms with E-state index in [1.165, 1.54) is 6.42 Å². The average Bonchev–Trinajstić information content (AvgIpc) is 2.84. The third kappa shape index (κ3) is 7.81. The lowest BCUT2D eigenvalue weighted by atomic mass is 9.95. The van der Waals surface area contributed by atoms with Crippen LogP contribution in [0, 0.1) is 20.8 Å². The maximum Gasteiger partial charge on any atom is 0.244 e. The van der Waals surface area contributed by atoms with Crippen molar-refractivity contribution in [2.24, 2.45) is 0 Å². The zero-order valence-corrected chi connectivity index (χ0v) is 23.6. The van der Waals surface area contributed by atoms with Gasteiger partial charge in [0.05, 0.1) is 11.9 Å². The largest absolute Gasteiger partial charge is 0.352 e. The van der Waals surface area contributed by atoms with Crippen LogP contribution in [0.4, 0.5) is 5.69 Å². The first-order chi connectivity index (χ1) is 17.5. The highest BCUT2D eigenvalue weighted by Crippen LogP contribution is 2.25. The van der Waals surface area contributed by atoms with Gasteiger partial charge in [-0.1, -0.05) is 68.1 Å². The summed E-state index contributed by atoms with van der Waals surface area (Å²) in [5.74, 6) is -0.577. The van der Waals surface area contributed by atoms with Gasteiger partial charge < -0.3 is 10.2 Å². The maximum atomic E-state index is 13.9. The SMILES string of the molecule is CCC(C(=O)NC1CCCCC1)N(Cc1cccc(C)c1)C(=O)CN(c1cc(C)ccc1C)S(C)(=O)=O. The molecule has 1 aliphatic carbocycles. The van der Waals surface area contributed by atoms with Gasteiger partial charge in [0.15, 0.2) is 0 Å². The van der Waals surface area contributed by atoms with Crippen molar-refractivity contribution in [3.8, 4) is 0 Å². The van der Waals surface area contributed by atoms with E-state index in [-0.39, 0.29) is 25.0 Å². The molecule has 2 aromatic rings. The number of benzene rings is 2. The Kier molecular flexibility index (Phi) is 9.76. The molecule has 0 aromatic heterocycles. The summed E-state index contributed by atoms with van der Waals surface area (Å²) in [6.45, 7) is 7.44. The molecule has 37 heavy (non-hydrogen) atoms. The Morgan fingerprint density at radius 3 is 2.30 bits per heavy atom. The zero-order valence-electron chi connectivity index (χ0n) is 22.8. The molecule has 1 aliphatic rings. The van der Waals surface area contributed by atoms with Crippen LogP contribution in [0.25, 0.3) is 0 Å². The van der Waals surface area contributed by atoms with Gasteiger partial charge in [0, 0.05) is 12.6 Å². The minimum absolute atomic E-state index is 0.119. The average molecular weight is 528 g/mol. The lowest BCUT2D eigenvalue weighted by Crippen LogP contribution is -2.54. The standard InChI is InChI=1S/C29H41N3O4S/c1-6-26(29(34)30-25-13-8-7-9-14-25)31(19-24-12-10-11-21(2)17-24)28(33)20-32(37(5,35)36)27-18-22(3)15-16-23(27)4/h10-12,15-18,25-26H,6-9,13-14,19-20H2,1-5H3,(H,30,34). The van der Waals surface area contributed by atoms with E-state index in [1.807, 2.05) is 64.1 Å². The molecule has 7 nitrogen and oxygen atoms in total. The Morgan fingerprint density at radius 1 is 1.00 bits per heavy atom. The van der Waals surface area contributed by atoms with Crippen LogP contribution in [0.2, 0.25) is 0 Å². The second kappa shape index (κ2) is 12.6. The fraction of sp³-hybridized carbons (Fsp3) is 0.517. The van der Waals surface area contributed by atoms with Crippen LogP contribution >= 0.6 is 0 Å². The van der Waals surface area contributed by atoms with Gasteiger partial charge >= 0.3 is 0 Å². The topological polar surface area (TPSA) is 86.8 Å². The van der Waals surface area contributed by atoms with E-state index in [9.17, 15) is 18.0 Å². The Bertz CT molecular complexity index is 1210. The third-order valence-corrected chi connectivity index (χ3v) is 8.21. The summed E-state index contributed by atoms with van der Waals surface area (Å²) in [7, 11) is -3.76. The Labute approximate surface area is 222 Å². The molecule has 8 heteroatoms. The van der Waals surface area contributed by atoms with Gasteiger partial charge in [0.2, 0.25) is 21.8 Å². The normalized spacial score (nSPS) is 15.2. The van der Waals surface area contributed by atoms with Crippen LogP contribution in [-0.2, 0) is 26.2 Å². The number of carbonyl (C=O) groups excluding carboxylic acids is 2. The zero-order chi connectivity index (χ0) is 27.2. The summed E-state index contributed by atoms with van der Waals surface area (Å²) in [5.41, 5.74) is 4.09. The van der Waals surface area contributed by atoms with E-state index in [0.717, 1.165) is 58.5 Å². The van der Waals surface area contributed by atoms with Crippen LogP contribution in [0.3, 0.4) is 0 Å². The Morgan fingerprint density at radius 2 is 1.68 bits per heavy atom. The van der Waals surface area contributed by atoms with Crippen molar-refractivity contribution < 1.29 is 18.0 Å². The monoisotopic (exact) mass is 527 g/mol. The van der Waals surface area contributed by atoms with Gasteiger partial charge in [-0.2, -0.15) is 0 Å². The molecule has 202 valence electrons. The van der Waals surface area contributed by atoms with Gasteiger partial charge in [0.1, 0.15) is 12.6 Å². The molecule has 1 saturated carbocycles. The fourth-order valence-corrected chi connectivity index (χ4v) is 5.95. The molecular formula is C29H41N3O4S. The molecule has 3 rings (SSSR count). The summed E-state index contributed by atoms with van der Waals surface area (Å²) in [6.07, 6.45) is 6.80. The number of hydrogen-bond acceptors (Lipinski definition) is 4. The third-order valence-electron chi connectivity index (χ3n) is 7.09. The first-order valence-corrected chi connectivity index (χ1v) is 15.0. The molecular weight excluding hydrogens is 486 g/mol. The van der Waals surface area contributed by atoms with Gasteiger partial charge in [0.25, 0.3) is 0 Å². The number of rotatable bonds is 10.